The molecule has 2 aliphatic rings. The van der Waals surface area contributed by atoms with Crippen molar-refractivity contribution in [1.82, 2.24) is 5.32 Å². The molecule has 0 saturated heterocycles. The van der Waals surface area contributed by atoms with Crippen LogP contribution in [0.4, 0.5) is 5.69 Å². The number of para-hydroxylation sites is 2. The lowest BCUT2D eigenvalue weighted by Crippen LogP contribution is -2.51. The predicted octanol–water partition coefficient (Wildman–Crippen LogP) is 4.49. The molecule has 170 valence electrons. The van der Waals surface area contributed by atoms with Gasteiger partial charge in [-0.1, -0.05) is 48.0 Å². The summed E-state index contributed by atoms with van der Waals surface area (Å²) in [5.74, 6) is 0.0213. The van der Waals surface area contributed by atoms with E-state index in [1.165, 1.54) is 34.1 Å². The Labute approximate surface area is 198 Å². The van der Waals surface area contributed by atoms with Crippen molar-refractivity contribution in [3.63, 3.8) is 0 Å². The SMILES string of the molecule is O=C(N[C@@H]1CCCc2ccccc21)[C@H]1CN(S(=O)(=O)c2ccc(Cl)cc2)c2ccccc2O1. The van der Waals surface area contributed by atoms with Crippen LogP contribution >= 0.6 is 11.6 Å². The fourth-order valence-corrected chi connectivity index (χ4v) is 6.07. The molecule has 1 heterocycles. The highest BCUT2D eigenvalue weighted by Crippen LogP contribution is 2.37. The summed E-state index contributed by atoms with van der Waals surface area (Å²) in [5.41, 5.74) is 2.74. The van der Waals surface area contributed by atoms with E-state index in [2.05, 4.69) is 11.4 Å². The molecular formula is C25H23ClN2O4S. The third-order valence-corrected chi connectivity index (χ3v) is 8.16. The smallest absolute Gasteiger partial charge is 0.264 e. The standard InChI is InChI=1S/C25H23ClN2O4S/c26-18-12-14-19(15-13-18)33(30,31)28-16-24(32-23-11-4-3-10-22(23)28)25(29)27-21-9-5-7-17-6-1-2-8-20(17)21/h1-4,6,8,10-15,21,24H,5,7,9,16H2,(H,27,29)/t21-,24-/m1/s1. The van der Waals surface area contributed by atoms with Crippen molar-refractivity contribution in [3.8, 4) is 5.75 Å². The molecular weight excluding hydrogens is 460 g/mol. The van der Waals surface area contributed by atoms with Crippen molar-refractivity contribution in [2.45, 2.75) is 36.3 Å². The van der Waals surface area contributed by atoms with Crippen LogP contribution in [-0.4, -0.2) is 27.0 Å². The number of aryl methyl sites for hydroxylation is 1. The number of amides is 1. The average Bonchev–Trinajstić information content (AvgIpc) is 2.84. The van der Waals surface area contributed by atoms with E-state index >= 15 is 0 Å². The summed E-state index contributed by atoms with van der Waals surface area (Å²) >= 11 is 5.94. The number of hydrogen-bond acceptors (Lipinski definition) is 4. The molecule has 0 radical (unpaired) electrons. The monoisotopic (exact) mass is 482 g/mol. The highest BCUT2D eigenvalue weighted by molar-refractivity contribution is 7.92. The molecule has 0 spiro atoms. The molecule has 1 aliphatic carbocycles. The zero-order valence-corrected chi connectivity index (χ0v) is 19.4. The Morgan fingerprint density at radius 3 is 2.55 bits per heavy atom. The molecule has 2 atom stereocenters. The quantitative estimate of drug-likeness (QED) is 0.594. The number of nitrogens with one attached hydrogen (secondary N) is 1. The van der Waals surface area contributed by atoms with Gasteiger partial charge < -0.3 is 10.1 Å². The summed E-state index contributed by atoms with van der Waals surface area (Å²) < 4.78 is 34.2. The largest absolute Gasteiger partial charge is 0.476 e. The summed E-state index contributed by atoms with van der Waals surface area (Å²) in [5, 5.41) is 3.54. The van der Waals surface area contributed by atoms with Gasteiger partial charge in [-0.3, -0.25) is 9.10 Å². The van der Waals surface area contributed by atoms with Crippen LogP contribution in [0.1, 0.15) is 30.0 Å². The van der Waals surface area contributed by atoms with Crippen molar-refractivity contribution in [1.29, 1.82) is 0 Å². The van der Waals surface area contributed by atoms with Gasteiger partial charge in [0.05, 0.1) is 23.2 Å². The van der Waals surface area contributed by atoms with Crippen molar-refractivity contribution in [3.05, 3.63) is 88.9 Å². The van der Waals surface area contributed by atoms with E-state index in [4.69, 9.17) is 16.3 Å². The Bertz CT molecular complexity index is 1290. The number of rotatable bonds is 4. The van der Waals surface area contributed by atoms with E-state index in [1.54, 1.807) is 24.3 Å². The van der Waals surface area contributed by atoms with Gasteiger partial charge in [0.2, 0.25) is 0 Å². The summed E-state index contributed by atoms with van der Waals surface area (Å²) in [6.07, 6.45) is 1.82. The molecule has 1 aliphatic heterocycles. The Balaban J connectivity index is 1.44. The molecule has 1 amide bonds. The second kappa shape index (κ2) is 8.72. The average molecular weight is 483 g/mol. The van der Waals surface area contributed by atoms with Crippen molar-refractivity contribution >= 4 is 33.2 Å². The molecule has 3 aromatic rings. The van der Waals surface area contributed by atoms with Gasteiger partial charge >= 0.3 is 0 Å². The van der Waals surface area contributed by atoms with Crippen LogP contribution in [0.25, 0.3) is 0 Å². The first-order valence-electron chi connectivity index (χ1n) is 10.9. The van der Waals surface area contributed by atoms with Crippen molar-refractivity contribution < 1.29 is 17.9 Å². The number of carbonyl (C=O) groups is 1. The second-order valence-electron chi connectivity index (χ2n) is 8.22. The summed E-state index contributed by atoms with van der Waals surface area (Å²) in [7, 11) is -3.93. The van der Waals surface area contributed by atoms with E-state index in [0.29, 0.717) is 16.5 Å². The molecule has 6 nitrogen and oxygen atoms in total. The lowest BCUT2D eigenvalue weighted by Gasteiger charge is -2.36. The van der Waals surface area contributed by atoms with Gasteiger partial charge in [-0.05, 0) is 66.8 Å². The topological polar surface area (TPSA) is 75.7 Å². The van der Waals surface area contributed by atoms with Gasteiger partial charge in [0.1, 0.15) is 5.75 Å². The molecule has 0 fully saturated rings. The molecule has 0 aromatic heterocycles. The van der Waals surface area contributed by atoms with E-state index in [-0.39, 0.29) is 23.4 Å². The number of nitrogens with zero attached hydrogens (tertiary/aromatic N) is 1. The lowest BCUT2D eigenvalue weighted by atomic mass is 9.87. The van der Waals surface area contributed by atoms with Crippen LogP contribution in [0, 0.1) is 0 Å². The molecule has 1 N–H and O–H groups in total. The second-order valence-corrected chi connectivity index (χ2v) is 10.5. The third-order valence-electron chi connectivity index (χ3n) is 6.11. The zero-order chi connectivity index (χ0) is 23.0. The Morgan fingerprint density at radius 1 is 1.00 bits per heavy atom. The fourth-order valence-electron chi connectivity index (χ4n) is 4.47. The van der Waals surface area contributed by atoms with Gasteiger partial charge in [0.15, 0.2) is 6.10 Å². The summed E-state index contributed by atoms with van der Waals surface area (Å²) in [6, 6.07) is 20.8. The first-order chi connectivity index (χ1) is 15.9. The van der Waals surface area contributed by atoms with E-state index in [9.17, 15) is 13.2 Å². The molecule has 3 aromatic carbocycles. The number of anilines is 1. The maximum absolute atomic E-state index is 13.5. The number of fused-ring (bicyclic) bond motifs is 2. The van der Waals surface area contributed by atoms with Gasteiger partial charge in [0.25, 0.3) is 15.9 Å². The van der Waals surface area contributed by atoms with Gasteiger partial charge in [-0.2, -0.15) is 0 Å². The molecule has 0 bridgehead atoms. The number of carbonyl (C=O) groups excluding carboxylic acids is 1. The lowest BCUT2D eigenvalue weighted by molar-refractivity contribution is -0.128. The van der Waals surface area contributed by atoms with Gasteiger partial charge in [-0.25, -0.2) is 8.42 Å². The maximum Gasteiger partial charge on any atom is 0.264 e. The van der Waals surface area contributed by atoms with Gasteiger partial charge in [-0.15, -0.1) is 0 Å². The third kappa shape index (κ3) is 4.18. The van der Waals surface area contributed by atoms with Crippen molar-refractivity contribution in [2.24, 2.45) is 0 Å². The molecule has 0 unspecified atom stereocenters. The molecule has 8 heteroatoms. The summed E-state index contributed by atoms with van der Waals surface area (Å²) in [6.45, 7) is -0.123. The van der Waals surface area contributed by atoms with Crippen LogP contribution in [0.5, 0.6) is 5.75 Å². The highest BCUT2D eigenvalue weighted by atomic mass is 35.5. The van der Waals surface area contributed by atoms with E-state index in [0.717, 1.165) is 24.8 Å². The van der Waals surface area contributed by atoms with E-state index < -0.39 is 16.1 Å². The van der Waals surface area contributed by atoms with Crippen LogP contribution < -0.4 is 14.4 Å². The highest BCUT2D eigenvalue weighted by Gasteiger charge is 2.38. The first kappa shape index (κ1) is 21.8. The zero-order valence-electron chi connectivity index (χ0n) is 17.8. The molecule has 33 heavy (non-hydrogen) atoms. The number of sulfonamides is 1. The molecule has 0 saturated carbocycles. The minimum atomic E-state index is -3.93. The van der Waals surface area contributed by atoms with Gasteiger partial charge in [0, 0.05) is 5.02 Å². The van der Waals surface area contributed by atoms with Crippen LogP contribution in [0.3, 0.4) is 0 Å². The minimum Gasteiger partial charge on any atom is -0.476 e. The normalized spacial score (nSPS) is 19.7. The van der Waals surface area contributed by atoms with Crippen LogP contribution in [-0.2, 0) is 21.2 Å². The number of ether oxygens (including phenoxy) is 1. The number of hydrogen-bond donors (Lipinski definition) is 1. The van der Waals surface area contributed by atoms with Crippen molar-refractivity contribution in [2.75, 3.05) is 10.8 Å². The van der Waals surface area contributed by atoms with Crippen LogP contribution in [0.2, 0.25) is 5.02 Å². The van der Waals surface area contributed by atoms with E-state index in [1.807, 2.05) is 18.2 Å². The predicted molar refractivity (Wildman–Crippen MR) is 127 cm³/mol. The Kier molecular flexibility index (Phi) is 5.76. The first-order valence-corrected chi connectivity index (χ1v) is 12.7. The molecule has 5 rings (SSSR count). The number of halogens is 1. The maximum atomic E-state index is 13.5. The van der Waals surface area contributed by atoms with Crippen LogP contribution in [0.15, 0.2) is 77.7 Å². The fraction of sp³-hybridized carbons (Fsp3) is 0.240. The summed E-state index contributed by atoms with van der Waals surface area (Å²) in [4.78, 5) is 13.4. The number of benzene rings is 3. The minimum absolute atomic E-state index is 0.101. The Hall–Kier alpha value is -3.03. The Morgan fingerprint density at radius 2 is 1.73 bits per heavy atom.